The molecule has 2 aliphatic rings. The molecule has 136 valence electrons. The predicted molar refractivity (Wildman–Crippen MR) is 91.0 cm³/mol. The minimum absolute atomic E-state index is 0.153. The second-order valence-electron chi connectivity index (χ2n) is 5.45. The Morgan fingerprint density at radius 2 is 2.04 bits per heavy atom. The Morgan fingerprint density at radius 1 is 1.36 bits per heavy atom. The summed E-state index contributed by atoms with van der Waals surface area (Å²) in [6.07, 6.45) is -4.72. The summed E-state index contributed by atoms with van der Waals surface area (Å²) < 4.78 is 41.4. The summed E-state index contributed by atoms with van der Waals surface area (Å²) in [6.45, 7) is -0.170. The van der Waals surface area contributed by atoms with Gasteiger partial charge in [-0.05, 0) is 18.1 Å². The smallest absolute Gasteiger partial charge is 0.471 e. The Hall–Kier alpha value is -1.55. The van der Waals surface area contributed by atoms with E-state index in [-0.39, 0.29) is 18.9 Å². The zero-order chi connectivity index (χ0) is 18.2. The molecule has 2 amide bonds. The fourth-order valence-electron chi connectivity index (χ4n) is 2.91. The van der Waals surface area contributed by atoms with Crippen molar-refractivity contribution in [2.75, 3.05) is 30.5 Å². The maximum absolute atomic E-state index is 12.6. The van der Waals surface area contributed by atoms with Crippen LogP contribution in [-0.4, -0.2) is 43.2 Å². The lowest BCUT2D eigenvalue weighted by Gasteiger charge is -2.22. The van der Waals surface area contributed by atoms with Gasteiger partial charge in [0.2, 0.25) is 0 Å². The first kappa shape index (κ1) is 18.2. The van der Waals surface area contributed by atoms with Gasteiger partial charge in [-0.3, -0.25) is 9.59 Å². The number of carbonyl (C=O) groups excluding carboxylic acids is 2. The van der Waals surface area contributed by atoms with E-state index >= 15 is 0 Å². The number of ether oxygens (including phenoxy) is 1. The van der Waals surface area contributed by atoms with Gasteiger partial charge in [0, 0.05) is 23.6 Å². The van der Waals surface area contributed by atoms with Crippen LogP contribution in [0, 0.1) is 0 Å². The SMILES string of the molecule is COc1ccc(CCNC(=O)C(F)(F)F)c2c1NC(=O)C21SCCS1. The summed E-state index contributed by atoms with van der Waals surface area (Å²) in [5.41, 5.74) is 2.03. The molecule has 0 aromatic heterocycles. The molecule has 10 heteroatoms. The van der Waals surface area contributed by atoms with Crippen LogP contribution in [0.4, 0.5) is 18.9 Å². The maximum atomic E-state index is 12.6. The second kappa shape index (κ2) is 6.64. The Balaban J connectivity index is 1.88. The number of amides is 2. The first-order chi connectivity index (χ1) is 11.8. The minimum Gasteiger partial charge on any atom is -0.495 e. The monoisotopic (exact) mass is 392 g/mol. The standard InChI is InChI=1S/C15H15F3N2O3S2/c1-23-9-3-2-8(4-5-19-13(22)15(16,17)18)10-11(9)20-12(21)14(10)24-6-7-25-14/h2-3H,4-7H2,1H3,(H,19,22)(H,20,21). The van der Waals surface area contributed by atoms with Gasteiger partial charge in [0.25, 0.3) is 5.91 Å². The van der Waals surface area contributed by atoms with E-state index in [9.17, 15) is 22.8 Å². The molecular weight excluding hydrogens is 377 g/mol. The van der Waals surface area contributed by atoms with Gasteiger partial charge in [0.1, 0.15) is 5.75 Å². The highest BCUT2D eigenvalue weighted by atomic mass is 32.2. The van der Waals surface area contributed by atoms with E-state index in [0.29, 0.717) is 11.4 Å². The average Bonchev–Trinajstić information content (AvgIpc) is 3.14. The second-order valence-corrected chi connectivity index (χ2v) is 8.33. The minimum atomic E-state index is -4.91. The van der Waals surface area contributed by atoms with Gasteiger partial charge < -0.3 is 15.4 Å². The Labute approximate surface area is 150 Å². The number of anilines is 1. The highest BCUT2D eigenvalue weighted by Gasteiger charge is 2.52. The fourth-order valence-corrected chi connectivity index (χ4v) is 6.11. The van der Waals surface area contributed by atoms with Crippen molar-refractivity contribution >= 4 is 41.0 Å². The molecule has 0 aliphatic carbocycles. The van der Waals surface area contributed by atoms with E-state index in [0.717, 1.165) is 22.6 Å². The van der Waals surface area contributed by atoms with Crippen LogP contribution in [0.15, 0.2) is 12.1 Å². The highest BCUT2D eigenvalue weighted by Crippen LogP contribution is 2.60. The normalized spacial score (nSPS) is 18.2. The third-order valence-corrected chi connectivity index (χ3v) is 7.35. The number of fused-ring (bicyclic) bond motifs is 2. The van der Waals surface area contributed by atoms with Crippen LogP contribution in [0.2, 0.25) is 0 Å². The molecule has 2 aliphatic heterocycles. The molecule has 2 N–H and O–H groups in total. The Bertz CT molecular complexity index is 719. The molecule has 0 saturated carbocycles. The molecule has 0 unspecified atom stereocenters. The summed E-state index contributed by atoms with van der Waals surface area (Å²) in [7, 11) is 1.49. The zero-order valence-corrected chi connectivity index (χ0v) is 14.8. The summed E-state index contributed by atoms with van der Waals surface area (Å²) in [5.74, 6) is 0.000458. The topological polar surface area (TPSA) is 67.4 Å². The number of benzene rings is 1. The largest absolute Gasteiger partial charge is 0.495 e. The van der Waals surface area contributed by atoms with Crippen LogP contribution < -0.4 is 15.4 Å². The summed E-state index contributed by atoms with van der Waals surface area (Å²) in [4.78, 5) is 23.5. The van der Waals surface area contributed by atoms with Crippen LogP contribution in [0.25, 0.3) is 0 Å². The van der Waals surface area contributed by atoms with Crippen molar-refractivity contribution in [3.8, 4) is 5.75 Å². The molecule has 1 fully saturated rings. The van der Waals surface area contributed by atoms with Crippen LogP contribution in [0.1, 0.15) is 11.1 Å². The van der Waals surface area contributed by atoms with Gasteiger partial charge in [0.05, 0.1) is 12.8 Å². The number of hydrogen-bond donors (Lipinski definition) is 2. The Morgan fingerprint density at radius 3 is 2.64 bits per heavy atom. The van der Waals surface area contributed by atoms with Crippen LogP contribution >= 0.6 is 23.5 Å². The summed E-state index contributed by atoms with van der Waals surface area (Å²) in [6, 6.07) is 3.40. The van der Waals surface area contributed by atoms with Crippen molar-refractivity contribution in [3.63, 3.8) is 0 Å². The van der Waals surface area contributed by atoms with Crippen molar-refractivity contribution < 1.29 is 27.5 Å². The van der Waals surface area contributed by atoms with Crippen LogP contribution in [0.3, 0.4) is 0 Å². The first-order valence-electron chi connectivity index (χ1n) is 7.44. The van der Waals surface area contributed by atoms with Gasteiger partial charge >= 0.3 is 12.1 Å². The summed E-state index contributed by atoms with van der Waals surface area (Å²) in [5, 5.41) is 4.71. The fraction of sp³-hybridized carbons (Fsp3) is 0.467. The maximum Gasteiger partial charge on any atom is 0.471 e. The number of thioether (sulfide) groups is 2. The molecule has 1 aromatic rings. The zero-order valence-electron chi connectivity index (χ0n) is 13.2. The lowest BCUT2D eigenvalue weighted by atomic mass is 10.0. The number of hydrogen-bond acceptors (Lipinski definition) is 5. The van der Waals surface area contributed by atoms with Crippen molar-refractivity contribution in [2.24, 2.45) is 0 Å². The molecule has 3 rings (SSSR count). The number of methoxy groups -OCH3 is 1. The molecule has 1 spiro atoms. The van der Waals surface area contributed by atoms with E-state index in [1.807, 2.05) is 5.32 Å². The predicted octanol–water partition coefficient (Wildman–Crippen LogP) is 2.50. The molecule has 1 saturated heterocycles. The molecule has 1 aromatic carbocycles. The van der Waals surface area contributed by atoms with Crippen molar-refractivity contribution in [1.29, 1.82) is 0 Å². The van der Waals surface area contributed by atoms with Crippen molar-refractivity contribution in [2.45, 2.75) is 16.7 Å². The third-order valence-electron chi connectivity index (χ3n) is 3.97. The number of rotatable bonds is 4. The molecule has 0 radical (unpaired) electrons. The molecule has 5 nitrogen and oxygen atoms in total. The quantitative estimate of drug-likeness (QED) is 0.824. The van der Waals surface area contributed by atoms with Crippen LogP contribution in [-0.2, 0) is 20.1 Å². The number of halogens is 3. The van der Waals surface area contributed by atoms with Crippen molar-refractivity contribution in [1.82, 2.24) is 5.32 Å². The average molecular weight is 392 g/mol. The molecule has 0 atom stereocenters. The lowest BCUT2D eigenvalue weighted by molar-refractivity contribution is -0.173. The molecule has 2 heterocycles. The summed E-state index contributed by atoms with van der Waals surface area (Å²) >= 11 is 3.02. The number of carbonyl (C=O) groups is 2. The highest BCUT2D eigenvalue weighted by molar-refractivity contribution is 8.21. The van der Waals surface area contributed by atoms with E-state index in [4.69, 9.17) is 4.74 Å². The molecule has 0 bridgehead atoms. The molecular formula is C15H15F3N2O3S2. The Kier molecular flexibility index (Phi) is 4.84. The van der Waals surface area contributed by atoms with E-state index in [1.165, 1.54) is 30.6 Å². The first-order valence-corrected chi connectivity index (χ1v) is 9.41. The van der Waals surface area contributed by atoms with E-state index < -0.39 is 16.2 Å². The molecule has 25 heavy (non-hydrogen) atoms. The lowest BCUT2D eigenvalue weighted by Crippen LogP contribution is -2.38. The van der Waals surface area contributed by atoms with E-state index in [1.54, 1.807) is 12.1 Å². The van der Waals surface area contributed by atoms with Gasteiger partial charge in [0.15, 0.2) is 4.08 Å². The number of alkyl halides is 3. The van der Waals surface area contributed by atoms with E-state index in [2.05, 4.69) is 5.32 Å². The van der Waals surface area contributed by atoms with Gasteiger partial charge in [-0.1, -0.05) is 6.07 Å². The van der Waals surface area contributed by atoms with Gasteiger partial charge in [-0.25, -0.2) is 0 Å². The third kappa shape index (κ3) is 3.17. The number of nitrogens with one attached hydrogen (secondary N) is 2. The van der Waals surface area contributed by atoms with Gasteiger partial charge in [-0.2, -0.15) is 13.2 Å². The van der Waals surface area contributed by atoms with Gasteiger partial charge in [-0.15, -0.1) is 23.5 Å². The van der Waals surface area contributed by atoms with Crippen molar-refractivity contribution in [3.05, 3.63) is 23.3 Å². The van der Waals surface area contributed by atoms with Crippen LogP contribution in [0.5, 0.6) is 5.75 Å².